The monoisotopic (exact) mass is 266 g/mol. The minimum absolute atomic E-state index is 0.0954. The van der Waals surface area contributed by atoms with Gasteiger partial charge < -0.3 is 5.11 Å². The largest absolute Gasteiger partial charge is 0.386 e. The molecule has 0 aliphatic rings. The van der Waals surface area contributed by atoms with Crippen LogP contribution < -0.4 is 0 Å². The second-order valence-electron chi connectivity index (χ2n) is 4.48. The van der Waals surface area contributed by atoms with E-state index in [2.05, 4.69) is 5.10 Å². The third kappa shape index (κ3) is 2.13. The maximum Gasteiger partial charge on any atom is 0.166 e. The van der Waals surface area contributed by atoms with E-state index in [-0.39, 0.29) is 12.2 Å². The summed E-state index contributed by atoms with van der Waals surface area (Å²) in [6.45, 7) is 3.43. The summed E-state index contributed by atoms with van der Waals surface area (Å²) in [5.41, 5.74) is 2.60. The van der Waals surface area contributed by atoms with Gasteiger partial charge in [-0.25, -0.2) is 0 Å². The van der Waals surface area contributed by atoms with E-state index < -0.39 is 6.10 Å². The highest BCUT2D eigenvalue weighted by molar-refractivity contribution is 6.35. The number of aromatic nitrogens is 2. The van der Waals surface area contributed by atoms with Gasteiger partial charge >= 0.3 is 0 Å². The van der Waals surface area contributed by atoms with Crippen LogP contribution in [0.1, 0.15) is 18.2 Å². The van der Waals surface area contributed by atoms with Gasteiger partial charge in [0.1, 0.15) is 6.10 Å². The average molecular weight is 267 g/mol. The van der Waals surface area contributed by atoms with Gasteiger partial charge in [0.2, 0.25) is 0 Å². The lowest BCUT2D eigenvalue weighted by Gasteiger charge is -2.03. The number of hydrogen-bond donors (Lipinski definition) is 1. The van der Waals surface area contributed by atoms with Crippen LogP contribution in [-0.2, 0) is 18.3 Å². The third-order valence-electron chi connectivity index (χ3n) is 3.02. The SMILES string of the molecule is Cc1ccc(Cl)c2c(CC(=O)[C@H](C)O)nn(C)c12. The van der Waals surface area contributed by atoms with Crippen molar-refractivity contribution in [2.24, 2.45) is 7.05 Å². The molecule has 0 fully saturated rings. The van der Waals surface area contributed by atoms with Gasteiger partial charge in [0.25, 0.3) is 0 Å². The number of hydrogen-bond acceptors (Lipinski definition) is 3. The Morgan fingerprint density at radius 1 is 1.56 bits per heavy atom. The molecule has 0 amide bonds. The van der Waals surface area contributed by atoms with Crippen LogP contribution in [0.3, 0.4) is 0 Å². The number of halogens is 1. The van der Waals surface area contributed by atoms with E-state index in [1.54, 1.807) is 10.7 Å². The molecular formula is C13H15ClN2O2. The predicted octanol–water partition coefficient (Wildman–Crippen LogP) is 2.03. The van der Waals surface area contributed by atoms with Crippen molar-refractivity contribution in [1.82, 2.24) is 9.78 Å². The Morgan fingerprint density at radius 2 is 2.22 bits per heavy atom. The van der Waals surface area contributed by atoms with Crippen molar-refractivity contribution in [2.45, 2.75) is 26.4 Å². The second-order valence-corrected chi connectivity index (χ2v) is 4.88. The number of aliphatic hydroxyl groups excluding tert-OH is 1. The topological polar surface area (TPSA) is 55.1 Å². The number of Topliss-reactive ketones (excluding diaryl/α,β-unsaturated/α-hetero) is 1. The highest BCUT2D eigenvalue weighted by atomic mass is 35.5. The first kappa shape index (κ1) is 13.1. The lowest BCUT2D eigenvalue weighted by Crippen LogP contribution is -2.18. The molecule has 1 heterocycles. The van der Waals surface area contributed by atoms with Gasteiger partial charge in [-0.3, -0.25) is 9.48 Å². The quantitative estimate of drug-likeness (QED) is 0.925. The first-order valence-corrected chi connectivity index (χ1v) is 6.11. The van der Waals surface area contributed by atoms with Gasteiger partial charge in [-0.2, -0.15) is 5.10 Å². The molecule has 5 heteroatoms. The second kappa shape index (κ2) is 4.71. The number of rotatable bonds is 3. The predicted molar refractivity (Wildman–Crippen MR) is 70.9 cm³/mol. The van der Waals surface area contributed by atoms with Crippen LogP contribution in [0, 0.1) is 6.92 Å². The number of fused-ring (bicyclic) bond motifs is 1. The summed E-state index contributed by atoms with van der Waals surface area (Å²) in [7, 11) is 1.82. The normalized spacial score (nSPS) is 12.9. The van der Waals surface area contributed by atoms with E-state index in [9.17, 15) is 9.90 Å². The molecule has 2 aromatic rings. The molecule has 1 aromatic carbocycles. The molecule has 0 bridgehead atoms. The maximum absolute atomic E-state index is 11.6. The van der Waals surface area contributed by atoms with E-state index in [0.717, 1.165) is 16.5 Å². The van der Waals surface area contributed by atoms with Crippen LogP contribution in [0.15, 0.2) is 12.1 Å². The fourth-order valence-corrected chi connectivity index (χ4v) is 2.34. The van der Waals surface area contributed by atoms with E-state index >= 15 is 0 Å². The first-order chi connectivity index (χ1) is 8.41. The van der Waals surface area contributed by atoms with E-state index in [4.69, 9.17) is 11.6 Å². The Kier molecular flexibility index (Phi) is 3.41. The number of ketones is 1. The summed E-state index contributed by atoms with van der Waals surface area (Å²) in [5, 5.41) is 15.0. The number of aliphatic hydroxyl groups is 1. The number of carbonyl (C=O) groups excluding carboxylic acids is 1. The van der Waals surface area contributed by atoms with E-state index in [1.807, 2.05) is 20.0 Å². The van der Waals surface area contributed by atoms with Gasteiger partial charge in [0, 0.05) is 12.4 Å². The van der Waals surface area contributed by atoms with Crippen molar-refractivity contribution in [3.8, 4) is 0 Å². The minimum Gasteiger partial charge on any atom is -0.386 e. The van der Waals surface area contributed by atoms with Crippen LogP contribution in [0.4, 0.5) is 0 Å². The van der Waals surface area contributed by atoms with Crippen molar-refractivity contribution in [1.29, 1.82) is 0 Å². The van der Waals surface area contributed by atoms with Gasteiger partial charge in [-0.05, 0) is 25.5 Å². The molecule has 0 saturated carbocycles. The van der Waals surface area contributed by atoms with E-state index in [0.29, 0.717) is 10.7 Å². The lowest BCUT2D eigenvalue weighted by molar-refractivity contribution is -0.125. The number of benzene rings is 1. The van der Waals surface area contributed by atoms with Gasteiger partial charge in [0.15, 0.2) is 5.78 Å². The number of nitrogens with zero attached hydrogens (tertiary/aromatic N) is 2. The Balaban J connectivity index is 2.59. The smallest absolute Gasteiger partial charge is 0.166 e. The lowest BCUT2D eigenvalue weighted by atomic mass is 10.1. The summed E-state index contributed by atoms with van der Waals surface area (Å²) in [6.07, 6.45) is -0.885. The Labute approximate surface area is 110 Å². The van der Waals surface area contributed by atoms with Gasteiger partial charge in [0.05, 0.1) is 22.7 Å². The highest BCUT2D eigenvalue weighted by Crippen LogP contribution is 2.29. The zero-order chi connectivity index (χ0) is 13.4. The summed E-state index contributed by atoms with van der Waals surface area (Å²) in [4.78, 5) is 11.6. The van der Waals surface area contributed by atoms with Crippen molar-refractivity contribution in [3.63, 3.8) is 0 Å². The molecule has 1 aromatic heterocycles. The summed E-state index contributed by atoms with van der Waals surface area (Å²) >= 11 is 6.18. The molecule has 1 N–H and O–H groups in total. The minimum atomic E-state index is -0.981. The first-order valence-electron chi connectivity index (χ1n) is 5.73. The molecule has 0 unspecified atom stereocenters. The molecule has 0 aliphatic carbocycles. The maximum atomic E-state index is 11.6. The molecule has 0 saturated heterocycles. The Hall–Kier alpha value is -1.39. The molecule has 18 heavy (non-hydrogen) atoms. The third-order valence-corrected chi connectivity index (χ3v) is 3.33. The molecule has 96 valence electrons. The zero-order valence-electron chi connectivity index (χ0n) is 10.6. The van der Waals surface area contributed by atoms with Crippen LogP contribution in [0.25, 0.3) is 10.9 Å². The average Bonchev–Trinajstić information content (AvgIpc) is 2.62. The van der Waals surface area contributed by atoms with Crippen LogP contribution in [0.2, 0.25) is 5.02 Å². The summed E-state index contributed by atoms with van der Waals surface area (Å²) in [6, 6.07) is 3.73. The fraction of sp³-hybridized carbons (Fsp3) is 0.385. The molecule has 0 radical (unpaired) electrons. The van der Waals surface area contributed by atoms with Crippen LogP contribution >= 0.6 is 11.6 Å². The van der Waals surface area contributed by atoms with Crippen LogP contribution in [-0.4, -0.2) is 26.8 Å². The number of aryl methyl sites for hydroxylation is 2. The van der Waals surface area contributed by atoms with Crippen LogP contribution in [0.5, 0.6) is 0 Å². The molecule has 0 aliphatic heterocycles. The molecule has 0 spiro atoms. The molecular weight excluding hydrogens is 252 g/mol. The summed E-state index contributed by atoms with van der Waals surface area (Å²) < 4.78 is 1.72. The molecule has 4 nitrogen and oxygen atoms in total. The number of carbonyl (C=O) groups is 1. The van der Waals surface area contributed by atoms with Crippen molar-refractivity contribution in [3.05, 3.63) is 28.4 Å². The van der Waals surface area contributed by atoms with Gasteiger partial charge in [-0.15, -0.1) is 0 Å². The zero-order valence-corrected chi connectivity index (χ0v) is 11.3. The van der Waals surface area contributed by atoms with Gasteiger partial charge in [-0.1, -0.05) is 17.7 Å². The summed E-state index contributed by atoms with van der Waals surface area (Å²) in [5.74, 6) is -0.257. The fourth-order valence-electron chi connectivity index (χ4n) is 2.08. The molecule has 2 rings (SSSR count). The molecule has 1 atom stereocenters. The van der Waals surface area contributed by atoms with Crippen molar-refractivity contribution in [2.75, 3.05) is 0 Å². The standard InChI is InChI=1S/C13H15ClN2O2/c1-7-4-5-9(14)12-10(6-11(18)8(2)17)15-16(3)13(7)12/h4-5,8,17H,6H2,1-3H3/t8-/m0/s1. The van der Waals surface area contributed by atoms with Crippen molar-refractivity contribution >= 4 is 28.3 Å². The highest BCUT2D eigenvalue weighted by Gasteiger charge is 2.18. The Morgan fingerprint density at radius 3 is 2.83 bits per heavy atom. The Bertz CT molecular complexity index is 617. The van der Waals surface area contributed by atoms with E-state index in [1.165, 1.54) is 6.92 Å². The van der Waals surface area contributed by atoms with Crippen molar-refractivity contribution < 1.29 is 9.90 Å².